The van der Waals surface area contributed by atoms with E-state index in [-0.39, 0.29) is 11.9 Å². The van der Waals surface area contributed by atoms with Crippen molar-refractivity contribution in [3.8, 4) is 0 Å². The number of guanidine groups is 2. The molecule has 0 bridgehead atoms. The van der Waals surface area contributed by atoms with E-state index in [4.69, 9.17) is 11.5 Å². The molecule has 128 valence electrons. The normalized spacial score (nSPS) is 19.7. The molecule has 24 heavy (non-hydrogen) atoms. The van der Waals surface area contributed by atoms with Gasteiger partial charge in [-0.3, -0.25) is 9.69 Å². The fourth-order valence-corrected chi connectivity index (χ4v) is 3.60. The minimum Gasteiger partial charge on any atom is -0.369 e. The fourth-order valence-electron chi connectivity index (χ4n) is 3.60. The number of hydrogen-bond donors (Lipinski definition) is 3. The molecule has 1 heterocycles. The SMILES string of the molecule is CC(=O)Nc1cc(C)ccc1N1C(N)=NC(N)=NC12CCCCC2. The predicted molar refractivity (Wildman–Crippen MR) is 97.0 cm³/mol. The molecule has 1 amide bonds. The third kappa shape index (κ3) is 2.93. The van der Waals surface area contributed by atoms with Crippen molar-refractivity contribution in [1.82, 2.24) is 0 Å². The van der Waals surface area contributed by atoms with Gasteiger partial charge in [0.05, 0.1) is 11.4 Å². The van der Waals surface area contributed by atoms with Crippen LogP contribution in [-0.4, -0.2) is 23.5 Å². The van der Waals surface area contributed by atoms with Crippen LogP contribution in [0.4, 0.5) is 11.4 Å². The van der Waals surface area contributed by atoms with Gasteiger partial charge in [-0.2, -0.15) is 4.99 Å². The highest BCUT2D eigenvalue weighted by atomic mass is 16.1. The molecule has 1 fully saturated rings. The number of hydrogen-bond acceptors (Lipinski definition) is 6. The van der Waals surface area contributed by atoms with E-state index in [2.05, 4.69) is 15.3 Å². The predicted octanol–water partition coefficient (Wildman–Crippen LogP) is 2.06. The van der Waals surface area contributed by atoms with Gasteiger partial charge in [0.1, 0.15) is 5.66 Å². The van der Waals surface area contributed by atoms with Crippen LogP contribution in [-0.2, 0) is 4.79 Å². The first kappa shape index (κ1) is 16.3. The van der Waals surface area contributed by atoms with Crippen LogP contribution >= 0.6 is 0 Å². The molecule has 2 aliphatic rings. The number of aliphatic imine (C=N–C) groups is 2. The Bertz CT molecular complexity index is 718. The Balaban J connectivity index is 2.12. The second-order valence-corrected chi connectivity index (χ2v) is 6.52. The van der Waals surface area contributed by atoms with Crippen LogP contribution < -0.4 is 21.7 Å². The number of benzene rings is 1. The van der Waals surface area contributed by atoms with Crippen LogP contribution in [0.25, 0.3) is 0 Å². The van der Waals surface area contributed by atoms with Crippen molar-refractivity contribution in [2.75, 3.05) is 10.2 Å². The van der Waals surface area contributed by atoms with E-state index in [1.165, 1.54) is 13.3 Å². The van der Waals surface area contributed by atoms with Crippen molar-refractivity contribution in [3.63, 3.8) is 0 Å². The topological polar surface area (TPSA) is 109 Å². The maximum atomic E-state index is 11.6. The minimum atomic E-state index is -0.517. The summed E-state index contributed by atoms with van der Waals surface area (Å²) in [5.74, 6) is 0.411. The number of amides is 1. The molecule has 1 saturated carbocycles. The number of nitrogens with zero attached hydrogens (tertiary/aromatic N) is 3. The summed E-state index contributed by atoms with van der Waals surface area (Å²) in [5.41, 5.74) is 14.2. The van der Waals surface area contributed by atoms with Gasteiger partial charge in [-0.1, -0.05) is 12.5 Å². The van der Waals surface area contributed by atoms with Crippen LogP contribution in [0.15, 0.2) is 28.2 Å². The van der Waals surface area contributed by atoms with E-state index >= 15 is 0 Å². The van der Waals surface area contributed by atoms with Gasteiger partial charge in [0.15, 0.2) is 0 Å². The lowest BCUT2D eigenvalue weighted by Gasteiger charge is -2.46. The zero-order chi connectivity index (χ0) is 17.3. The Hall–Kier alpha value is -2.57. The highest BCUT2D eigenvalue weighted by Crippen LogP contribution is 2.42. The summed E-state index contributed by atoms with van der Waals surface area (Å²) in [6, 6.07) is 5.88. The van der Waals surface area contributed by atoms with Crippen molar-refractivity contribution < 1.29 is 4.79 Å². The number of carbonyl (C=O) groups is 1. The molecule has 1 aromatic rings. The highest BCUT2D eigenvalue weighted by molar-refractivity contribution is 6.08. The zero-order valence-corrected chi connectivity index (χ0v) is 14.2. The van der Waals surface area contributed by atoms with Crippen LogP contribution in [0.5, 0.6) is 0 Å². The van der Waals surface area contributed by atoms with E-state index in [1.54, 1.807) is 0 Å². The molecule has 1 spiro atoms. The quantitative estimate of drug-likeness (QED) is 0.772. The molecule has 1 aromatic carbocycles. The lowest BCUT2D eigenvalue weighted by Crippen LogP contribution is -2.58. The molecule has 1 aliphatic heterocycles. The first-order valence-corrected chi connectivity index (χ1v) is 8.29. The fraction of sp³-hybridized carbons (Fsp3) is 0.471. The van der Waals surface area contributed by atoms with Gasteiger partial charge < -0.3 is 16.8 Å². The van der Waals surface area contributed by atoms with Crippen molar-refractivity contribution in [3.05, 3.63) is 23.8 Å². The lowest BCUT2D eigenvalue weighted by atomic mass is 9.87. The summed E-state index contributed by atoms with van der Waals surface area (Å²) >= 11 is 0. The average molecular weight is 328 g/mol. The van der Waals surface area contributed by atoms with E-state index in [0.717, 1.165) is 36.9 Å². The van der Waals surface area contributed by atoms with Crippen LogP contribution in [0.2, 0.25) is 0 Å². The molecule has 3 rings (SSSR count). The van der Waals surface area contributed by atoms with Crippen LogP contribution in [0.3, 0.4) is 0 Å². The second kappa shape index (κ2) is 6.14. The molecular weight excluding hydrogens is 304 g/mol. The van der Waals surface area contributed by atoms with Crippen molar-refractivity contribution >= 4 is 29.2 Å². The third-order valence-electron chi connectivity index (χ3n) is 4.56. The van der Waals surface area contributed by atoms with Crippen LogP contribution in [0, 0.1) is 6.92 Å². The maximum absolute atomic E-state index is 11.6. The lowest BCUT2D eigenvalue weighted by molar-refractivity contribution is -0.114. The van der Waals surface area contributed by atoms with E-state index in [0.29, 0.717) is 11.6 Å². The summed E-state index contributed by atoms with van der Waals surface area (Å²) in [5, 5.41) is 2.89. The monoisotopic (exact) mass is 328 g/mol. The Kier molecular flexibility index (Phi) is 4.17. The molecule has 0 atom stereocenters. The molecule has 1 aliphatic carbocycles. The highest BCUT2D eigenvalue weighted by Gasteiger charge is 2.43. The maximum Gasteiger partial charge on any atom is 0.221 e. The molecule has 0 saturated heterocycles. The Morgan fingerprint density at radius 1 is 1.25 bits per heavy atom. The third-order valence-corrected chi connectivity index (χ3v) is 4.56. The number of rotatable bonds is 2. The van der Waals surface area contributed by atoms with Gasteiger partial charge in [-0.15, -0.1) is 0 Å². The summed E-state index contributed by atoms with van der Waals surface area (Å²) in [4.78, 5) is 22.4. The van der Waals surface area contributed by atoms with Gasteiger partial charge in [0, 0.05) is 6.92 Å². The summed E-state index contributed by atoms with van der Waals surface area (Å²) in [7, 11) is 0. The molecular formula is C17H24N6O. The number of anilines is 2. The standard InChI is InChI=1S/C17H24N6O/c1-11-6-7-14(13(10-11)20-12(2)24)23-16(19)21-15(18)22-17(23)8-4-3-5-9-17/h6-7,10H,3-5,8-9H2,1-2H3,(H,20,24)(H4,18,19,21,22). The molecule has 0 unspecified atom stereocenters. The number of nitrogens with one attached hydrogen (secondary N) is 1. The van der Waals surface area contributed by atoms with Crippen molar-refractivity contribution in [1.29, 1.82) is 0 Å². The summed E-state index contributed by atoms with van der Waals surface area (Å²) in [6.07, 6.45) is 5.01. The average Bonchev–Trinajstić information content (AvgIpc) is 2.49. The Labute approximate surface area is 141 Å². The van der Waals surface area contributed by atoms with E-state index in [1.807, 2.05) is 30.0 Å². The Morgan fingerprint density at radius 3 is 2.62 bits per heavy atom. The first-order valence-electron chi connectivity index (χ1n) is 8.29. The second-order valence-electron chi connectivity index (χ2n) is 6.52. The first-order chi connectivity index (χ1) is 11.4. The van der Waals surface area contributed by atoms with E-state index in [9.17, 15) is 4.79 Å². The van der Waals surface area contributed by atoms with Gasteiger partial charge >= 0.3 is 0 Å². The number of aryl methyl sites for hydroxylation is 1. The van der Waals surface area contributed by atoms with Crippen molar-refractivity contribution in [2.45, 2.75) is 51.6 Å². The minimum absolute atomic E-state index is 0.130. The van der Waals surface area contributed by atoms with Crippen LogP contribution in [0.1, 0.15) is 44.6 Å². The Morgan fingerprint density at radius 2 is 1.96 bits per heavy atom. The van der Waals surface area contributed by atoms with E-state index < -0.39 is 5.66 Å². The number of carbonyl (C=O) groups excluding carboxylic acids is 1. The van der Waals surface area contributed by atoms with Gasteiger partial charge in [0.25, 0.3) is 0 Å². The zero-order valence-electron chi connectivity index (χ0n) is 14.2. The van der Waals surface area contributed by atoms with Gasteiger partial charge in [-0.25, -0.2) is 4.99 Å². The molecule has 5 N–H and O–H groups in total. The molecule has 0 aromatic heterocycles. The van der Waals surface area contributed by atoms with Gasteiger partial charge in [-0.05, 0) is 50.3 Å². The smallest absolute Gasteiger partial charge is 0.221 e. The van der Waals surface area contributed by atoms with Crippen molar-refractivity contribution in [2.24, 2.45) is 21.5 Å². The number of nitrogens with two attached hydrogens (primary N) is 2. The summed E-state index contributed by atoms with van der Waals surface area (Å²) < 4.78 is 0. The molecule has 0 radical (unpaired) electrons. The summed E-state index contributed by atoms with van der Waals surface area (Å²) in [6.45, 7) is 3.47. The largest absolute Gasteiger partial charge is 0.369 e. The van der Waals surface area contributed by atoms with Gasteiger partial charge in [0.2, 0.25) is 17.8 Å². The molecule has 7 heteroatoms. The molecule has 7 nitrogen and oxygen atoms in total.